The van der Waals surface area contributed by atoms with Gasteiger partial charge in [-0.1, -0.05) is 0 Å². The van der Waals surface area contributed by atoms with Crippen molar-refractivity contribution in [3.8, 4) is 11.5 Å². The molecular weight excluding hydrogens is 280 g/mol. The fraction of sp³-hybridized carbons (Fsp3) is 0.294. The van der Waals surface area contributed by atoms with Crippen molar-refractivity contribution in [1.29, 1.82) is 0 Å². The molecular formula is C17H21N2O3+. The highest BCUT2D eigenvalue weighted by molar-refractivity contribution is 5.92. The van der Waals surface area contributed by atoms with E-state index in [0.29, 0.717) is 30.2 Å². The molecule has 0 fully saturated rings. The Morgan fingerprint density at radius 2 is 1.86 bits per heavy atom. The van der Waals surface area contributed by atoms with Crippen LogP contribution < -0.4 is 19.4 Å². The molecule has 2 aromatic rings. The van der Waals surface area contributed by atoms with Crippen LogP contribution in [0.25, 0.3) is 0 Å². The summed E-state index contributed by atoms with van der Waals surface area (Å²) >= 11 is 0. The molecule has 0 spiro atoms. The van der Waals surface area contributed by atoms with E-state index in [0.717, 1.165) is 0 Å². The van der Waals surface area contributed by atoms with Gasteiger partial charge < -0.3 is 14.8 Å². The molecule has 1 N–H and O–H groups in total. The molecule has 0 unspecified atom stereocenters. The number of rotatable bonds is 6. The topological polar surface area (TPSA) is 51.4 Å². The van der Waals surface area contributed by atoms with Crippen LogP contribution in [0.4, 0.5) is 5.69 Å². The fourth-order valence-corrected chi connectivity index (χ4v) is 2.03. The number of ether oxygens (including phenoxy) is 2. The summed E-state index contributed by atoms with van der Waals surface area (Å²) in [5, 5.41) is 2.86. The Labute approximate surface area is 130 Å². The maximum absolute atomic E-state index is 12.1. The Bertz CT molecular complexity index is 639. The zero-order valence-electron chi connectivity index (χ0n) is 13.1. The molecule has 0 atom stereocenters. The molecule has 0 radical (unpaired) electrons. The average Bonchev–Trinajstić information content (AvgIpc) is 2.54. The van der Waals surface area contributed by atoms with Crippen molar-refractivity contribution in [1.82, 2.24) is 0 Å². The van der Waals surface area contributed by atoms with Gasteiger partial charge in [-0.2, -0.15) is 0 Å². The monoisotopic (exact) mass is 301 g/mol. The maximum Gasteiger partial charge on any atom is 0.230 e. The summed E-state index contributed by atoms with van der Waals surface area (Å²) in [6.07, 6.45) is 4.33. The van der Waals surface area contributed by atoms with Gasteiger partial charge in [0.1, 0.15) is 11.5 Å². The Morgan fingerprint density at radius 3 is 2.50 bits per heavy atom. The largest absolute Gasteiger partial charge is 0.497 e. The molecule has 5 nitrogen and oxygen atoms in total. The zero-order valence-corrected chi connectivity index (χ0v) is 13.1. The first kappa shape index (κ1) is 15.8. The van der Waals surface area contributed by atoms with Gasteiger partial charge in [-0.15, -0.1) is 0 Å². The van der Waals surface area contributed by atoms with Gasteiger partial charge in [0.05, 0.1) is 26.3 Å². The van der Waals surface area contributed by atoms with E-state index >= 15 is 0 Å². The summed E-state index contributed by atoms with van der Waals surface area (Å²) in [6, 6.07) is 9.33. The van der Waals surface area contributed by atoms with Gasteiger partial charge in [0.25, 0.3) is 0 Å². The molecule has 0 aliphatic rings. The number of hydrogen-bond acceptors (Lipinski definition) is 3. The number of carbonyl (C=O) groups is 1. The SMILES string of the molecule is COc1ccc(NC(=O)CC[n+]2ccc(C)cc2)c(OC)c1. The van der Waals surface area contributed by atoms with Crippen LogP contribution in [0, 0.1) is 6.92 Å². The predicted molar refractivity (Wildman–Crippen MR) is 84.2 cm³/mol. The molecule has 116 valence electrons. The van der Waals surface area contributed by atoms with Crippen LogP contribution in [0.3, 0.4) is 0 Å². The Morgan fingerprint density at radius 1 is 1.14 bits per heavy atom. The van der Waals surface area contributed by atoms with Gasteiger partial charge in [0.15, 0.2) is 18.9 Å². The third-order valence-electron chi connectivity index (χ3n) is 3.34. The number of nitrogens with one attached hydrogen (secondary N) is 1. The van der Waals surface area contributed by atoms with Crippen LogP contribution in [0.1, 0.15) is 12.0 Å². The first-order chi connectivity index (χ1) is 10.6. The molecule has 5 heteroatoms. The van der Waals surface area contributed by atoms with E-state index in [2.05, 4.69) is 5.32 Å². The van der Waals surface area contributed by atoms with Crippen molar-refractivity contribution >= 4 is 11.6 Å². The minimum atomic E-state index is -0.0588. The normalized spacial score (nSPS) is 10.1. The lowest BCUT2D eigenvalue weighted by atomic mass is 10.2. The second-order valence-electron chi connectivity index (χ2n) is 4.98. The highest BCUT2D eigenvalue weighted by Crippen LogP contribution is 2.28. The molecule has 1 aromatic heterocycles. The lowest BCUT2D eigenvalue weighted by Crippen LogP contribution is -2.34. The molecule has 22 heavy (non-hydrogen) atoms. The molecule has 1 heterocycles. The van der Waals surface area contributed by atoms with Crippen molar-refractivity contribution in [3.63, 3.8) is 0 Å². The summed E-state index contributed by atoms with van der Waals surface area (Å²) in [5.74, 6) is 1.21. The molecule has 0 bridgehead atoms. The minimum Gasteiger partial charge on any atom is -0.497 e. The summed E-state index contributed by atoms with van der Waals surface area (Å²) in [4.78, 5) is 12.1. The number of amides is 1. The second kappa shape index (κ2) is 7.45. The molecule has 0 saturated heterocycles. The van der Waals surface area contributed by atoms with Crippen LogP contribution in [0.15, 0.2) is 42.7 Å². The number of carbonyl (C=O) groups excluding carboxylic acids is 1. The predicted octanol–water partition coefficient (Wildman–Crippen LogP) is 2.33. The highest BCUT2D eigenvalue weighted by Gasteiger charge is 2.11. The van der Waals surface area contributed by atoms with E-state index in [1.165, 1.54) is 5.56 Å². The third kappa shape index (κ3) is 4.22. The Balaban J connectivity index is 1.95. The standard InChI is InChI=1S/C17H20N2O3/c1-13-6-9-19(10-7-13)11-8-17(20)18-15-5-4-14(21-2)12-16(15)22-3/h4-7,9-10,12H,8,11H2,1-3H3/p+1. The Hall–Kier alpha value is -2.56. The van der Waals surface area contributed by atoms with Crippen LogP contribution >= 0.6 is 0 Å². The van der Waals surface area contributed by atoms with Gasteiger partial charge in [-0.25, -0.2) is 4.57 Å². The van der Waals surface area contributed by atoms with Gasteiger partial charge in [-0.05, 0) is 24.6 Å². The first-order valence-electron chi connectivity index (χ1n) is 7.10. The van der Waals surface area contributed by atoms with Crippen LogP contribution in [0.5, 0.6) is 11.5 Å². The average molecular weight is 301 g/mol. The molecule has 0 saturated carbocycles. The summed E-state index contributed by atoms with van der Waals surface area (Å²) in [7, 11) is 3.15. The number of pyridine rings is 1. The number of aryl methyl sites for hydroxylation is 2. The smallest absolute Gasteiger partial charge is 0.230 e. The molecule has 1 aromatic carbocycles. The Kier molecular flexibility index (Phi) is 5.36. The summed E-state index contributed by atoms with van der Waals surface area (Å²) < 4.78 is 12.4. The van der Waals surface area contributed by atoms with Gasteiger partial charge in [0.2, 0.25) is 5.91 Å². The van der Waals surface area contributed by atoms with Crippen LogP contribution in [-0.2, 0) is 11.3 Å². The van der Waals surface area contributed by atoms with Gasteiger partial charge in [0, 0.05) is 18.2 Å². The fourth-order valence-electron chi connectivity index (χ4n) is 2.03. The summed E-state index contributed by atoms with van der Waals surface area (Å²) in [5.41, 5.74) is 1.84. The minimum absolute atomic E-state index is 0.0588. The second-order valence-corrected chi connectivity index (χ2v) is 4.98. The van der Waals surface area contributed by atoms with E-state index in [4.69, 9.17) is 9.47 Å². The third-order valence-corrected chi connectivity index (χ3v) is 3.34. The van der Waals surface area contributed by atoms with Crippen molar-refractivity contribution in [3.05, 3.63) is 48.3 Å². The van der Waals surface area contributed by atoms with Crippen molar-refractivity contribution in [2.24, 2.45) is 0 Å². The number of benzene rings is 1. The quantitative estimate of drug-likeness (QED) is 0.833. The van der Waals surface area contributed by atoms with Crippen LogP contribution in [0.2, 0.25) is 0 Å². The number of anilines is 1. The zero-order chi connectivity index (χ0) is 15.9. The van der Waals surface area contributed by atoms with E-state index in [9.17, 15) is 4.79 Å². The number of methoxy groups -OCH3 is 2. The van der Waals surface area contributed by atoms with E-state index in [-0.39, 0.29) is 5.91 Å². The number of aromatic nitrogens is 1. The van der Waals surface area contributed by atoms with Crippen molar-refractivity contribution in [2.45, 2.75) is 19.9 Å². The van der Waals surface area contributed by atoms with Crippen molar-refractivity contribution in [2.75, 3.05) is 19.5 Å². The number of nitrogens with zero attached hydrogens (tertiary/aromatic N) is 1. The molecule has 0 aliphatic carbocycles. The highest BCUT2D eigenvalue weighted by atomic mass is 16.5. The maximum atomic E-state index is 12.1. The lowest BCUT2D eigenvalue weighted by Gasteiger charge is -2.11. The lowest BCUT2D eigenvalue weighted by molar-refractivity contribution is -0.695. The van der Waals surface area contributed by atoms with E-state index in [1.54, 1.807) is 32.4 Å². The van der Waals surface area contributed by atoms with Crippen LogP contribution in [-0.4, -0.2) is 20.1 Å². The number of hydrogen-bond donors (Lipinski definition) is 1. The van der Waals surface area contributed by atoms with E-state index < -0.39 is 0 Å². The van der Waals surface area contributed by atoms with Gasteiger partial charge >= 0.3 is 0 Å². The molecule has 2 rings (SSSR count). The van der Waals surface area contributed by atoms with Gasteiger partial charge in [-0.3, -0.25) is 4.79 Å². The van der Waals surface area contributed by atoms with Crippen molar-refractivity contribution < 1.29 is 18.8 Å². The summed E-state index contributed by atoms with van der Waals surface area (Å²) in [6.45, 7) is 2.66. The van der Waals surface area contributed by atoms with E-state index in [1.807, 2.05) is 36.0 Å². The first-order valence-corrected chi connectivity index (χ1v) is 7.10. The molecule has 1 amide bonds. The molecule has 0 aliphatic heterocycles.